The largest absolute Gasteiger partial charge is 1.00 e. The summed E-state index contributed by atoms with van der Waals surface area (Å²) in [7, 11) is 0. The molecule has 118 valence electrons. The Morgan fingerprint density at radius 1 is 1.36 bits per heavy atom. The van der Waals surface area contributed by atoms with Crippen molar-refractivity contribution in [2.45, 2.75) is 32.0 Å². The van der Waals surface area contributed by atoms with Gasteiger partial charge in [0.2, 0.25) is 5.72 Å². The molecular formula is C16H19BrClN3O. The standard InChI is InChI=1S/C16H19ClN3O.BrH/c1-2-3-11-20-15-18-9-4-10-19(15)12-16(20,21)13-5-7-14(17)8-6-13;/h4-10,21H,2-3,11-12H2,1H3;1H/q+1;/p-1/t16-;/m1./s1. The smallest absolute Gasteiger partial charge is 0.396 e. The second-order valence-corrected chi connectivity index (χ2v) is 5.81. The molecule has 0 amide bonds. The molecule has 2 heterocycles. The van der Waals surface area contributed by atoms with E-state index in [1.165, 1.54) is 0 Å². The zero-order valence-corrected chi connectivity index (χ0v) is 14.8. The third-order valence-corrected chi connectivity index (χ3v) is 4.17. The molecule has 0 aliphatic carbocycles. The van der Waals surface area contributed by atoms with Gasteiger partial charge in [0, 0.05) is 16.7 Å². The number of aliphatic hydroxyl groups is 1. The van der Waals surface area contributed by atoms with Crippen molar-refractivity contribution in [1.82, 2.24) is 4.98 Å². The molecule has 4 nitrogen and oxygen atoms in total. The number of anilines is 1. The van der Waals surface area contributed by atoms with Crippen LogP contribution in [0.5, 0.6) is 0 Å². The highest BCUT2D eigenvalue weighted by molar-refractivity contribution is 6.30. The van der Waals surface area contributed by atoms with Gasteiger partial charge in [0.1, 0.15) is 12.7 Å². The van der Waals surface area contributed by atoms with Gasteiger partial charge in [-0.3, -0.25) is 0 Å². The zero-order valence-electron chi connectivity index (χ0n) is 12.4. The van der Waals surface area contributed by atoms with Crippen molar-refractivity contribution >= 4 is 17.5 Å². The molecule has 1 aliphatic heterocycles. The fourth-order valence-electron chi connectivity index (χ4n) is 2.79. The Kier molecular flexibility index (Phi) is 5.42. The summed E-state index contributed by atoms with van der Waals surface area (Å²) in [6.45, 7) is 3.39. The quantitative estimate of drug-likeness (QED) is 0.722. The molecule has 6 heteroatoms. The molecule has 0 saturated carbocycles. The number of unbranched alkanes of at least 4 members (excludes halogenated alkanes) is 1. The van der Waals surface area contributed by atoms with Gasteiger partial charge in [0.25, 0.3) is 0 Å². The second kappa shape index (κ2) is 6.94. The van der Waals surface area contributed by atoms with Crippen LogP contribution in [-0.4, -0.2) is 16.6 Å². The summed E-state index contributed by atoms with van der Waals surface area (Å²) in [5.74, 6) is 0.809. The summed E-state index contributed by atoms with van der Waals surface area (Å²) in [6, 6.07) is 9.28. The minimum atomic E-state index is -1.07. The highest BCUT2D eigenvalue weighted by atomic mass is 79.9. The van der Waals surface area contributed by atoms with E-state index >= 15 is 0 Å². The molecule has 3 rings (SSSR count). The number of halogens is 2. The second-order valence-electron chi connectivity index (χ2n) is 5.38. The van der Waals surface area contributed by atoms with Gasteiger partial charge in [-0.05, 0) is 18.6 Å². The van der Waals surface area contributed by atoms with E-state index in [2.05, 4.69) is 11.9 Å². The Morgan fingerprint density at radius 3 is 2.77 bits per heavy atom. The fourth-order valence-corrected chi connectivity index (χ4v) is 2.92. The lowest BCUT2D eigenvalue weighted by Gasteiger charge is -2.28. The number of benzene rings is 1. The molecule has 0 saturated heterocycles. The first-order valence-electron chi connectivity index (χ1n) is 7.25. The zero-order chi connectivity index (χ0) is 14.9. The maximum Gasteiger partial charge on any atom is 0.396 e. The van der Waals surface area contributed by atoms with Gasteiger partial charge in [-0.1, -0.05) is 42.1 Å². The Bertz CT molecular complexity index is 638. The summed E-state index contributed by atoms with van der Waals surface area (Å²) in [5, 5.41) is 12.0. The Hall–Kier alpha value is -1.17. The molecule has 2 aromatic rings. The van der Waals surface area contributed by atoms with E-state index in [-0.39, 0.29) is 17.0 Å². The van der Waals surface area contributed by atoms with E-state index in [1.807, 2.05) is 46.0 Å². The normalized spacial score (nSPS) is 19.7. The lowest BCUT2D eigenvalue weighted by atomic mass is 10.0. The molecule has 22 heavy (non-hydrogen) atoms. The van der Waals surface area contributed by atoms with Crippen molar-refractivity contribution in [3.8, 4) is 0 Å². The van der Waals surface area contributed by atoms with Gasteiger partial charge >= 0.3 is 5.95 Å². The predicted octanol–water partition coefficient (Wildman–Crippen LogP) is -0.508. The molecular weight excluding hydrogens is 366 g/mol. The first-order valence-corrected chi connectivity index (χ1v) is 7.63. The van der Waals surface area contributed by atoms with Gasteiger partial charge in [0.05, 0.1) is 12.7 Å². The lowest BCUT2D eigenvalue weighted by molar-refractivity contribution is -0.685. The van der Waals surface area contributed by atoms with Gasteiger partial charge in [-0.25, -0.2) is 9.47 Å². The van der Waals surface area contributed by atoms with Crippen LogP contribution >= 0.6 is 11.6 Å². The summed E-state index contributed by atoms with van der Waals surface area (Å²) < 4.78 is 1.99. The molecule has 0 unspecified atom stereocenters. The number of hydrogen-bond donors (Lipinski definition) is 1. The molecule has 0 fully saturated rings. The highest BCUT2D eigenvalue weighted by Gasteiger charge is 2.50. The number of nitrogens with zero attached hydrogens (tertiary/aromatic N) is 3. The Balaban J connectivity index is 0.00000176. The summed E-state index contributed by atoms with van der Waals surface area (Å²) in [6.07, 6.45) is 5.79. The van der Waals surface area contributed by atoms with Crippen LogP contribution in [0.15, 0.2) is 42.7 Å². The monoisotopic (exact) mass is 383 g/mol. The summed E-state index contributed by atoms with van der Waals surface area (Å²) in [4.78, 5) is 6.42. The van der Waals surface area contributed by atoms with Gasteiger partial charge in [-0.2, -0.15) is 0 Å². The molecule has 1 aromatic heterocycles. The van der Waals surface area contributed by atoms with Crippen molar-refractivity contribution in [2.24, 2.45) is 0 Å². The first kappa shape index (κ1) is 17.2. The number of aromatic nitrogens is 2. The minimum absolute atomic E-state index is 0. The van der Waals surface area contributed by atoms with E-state index in [9.17, 15) is 5.11 Å². The van der Waals surface area contributed by atoms with E-state index in [1.54, 1.807) is 6.20 Å². The fraction of sp³-hybridized carbons (Fsp3) is 0.375. The van der Waals surface area contributed by atoms with Gasteiger partial charge < -0.3 is 22.1 Å². The third kappa shape index (κ3) is 2.98. The third-order valence-electron chi connectivity index (χ3n) is 3.92. The van der Waals surface area contributed by atoms with Crippen molar-refractivity contribution in [3.63, 3.8) is 0 Å². The Morgan fingerprint density at radius 2 is 2.09 bits per heavy atom. The predicted molar refractivity (Wildman–Crippen MR) is 82.0 cm³/mol. The first-order chi connectivity index (χ1) is 10.1. The van der Waals surface area contributed by atoms with Crippen LogP contribution in [0.1, 0.15) is 25.3 Å². The SMILES string of the molecule is CCCCN1c2nccc[n+]2C[C@@]1(O)c1ccc(Cl)cc1.[Br-]. The highest BCUT2D eigenvalue weighted by Crippen LogP contribution is 2.34. The van der Waals surface area contributed by atoms with Crippen LogP contribution in [0.2, 0.25) is 5.02 Å². The van der Waals surface area contributed by atoms with Crippen LogP contribution in [-0.2, 0) is 12.3 Å². The van der Waals surface area contributed by atoms with E-state index in [0.29, 0.717) is 11.6 Å². The number of hydrogen-bond acceptors (Lipinski definition) is 3. The average Bonchev–Trinajstić information content (AvgIpc) is 2.78. The van der Waals surface area contributed by atoms with Gasteiger partial charge in [0.15, 0.2) is 0 Å². The van der Waals surface area contributed by atoms with E-state index < -0.39 is 5.72 Å². The minimum Gasteiger partial charge on any atom is -1.00 e. The van der Waals surface area contributed by atoms with Crippen LogP contribution in [0, 0.1) is 0 Å². The Labute approximate surface area is 146 Å². The molecule has 0 radical (unpaired) electrons. The molecule has 1 aromatic carbocycles. The van der Waals surface area contributed by atoms with Crippen molar-refractivity contribution in [1.29, 1.82) is 0 Å². The number of fused-ring (bicyclic) bond motifs is 1. The molecule has 1 atom stereocenters. The van der Waals surface area contributed by atoms with Crippen molar-refractivity contribution < 1.29 is 26.7 Å². The van der Waals surface area contributed by atoms with Crippen LogP contribution < -0.4 is 26.4 Å². The molecule has 1 N–H and O–H groups in total. The number of rotatable bonds is 4. The average molecular weight is 385 g/mol. The van der Waals surface area contributed by atoms with Gasteiger partial charge in [-0.15, -0.1) is 0 Å². The maximum absolute atomic E-state index is 11.3. The maximum atomic E-state index is 11.3. The summed E-state index contributed by atoms with van der Waals surface area (Å²) >= 11 is 5.96. The van der Waals surface area contributed by atoms with Crippen LogP contribution in [0.25, 0.3) is 0 Å². The van der Waals surface area contributed by atoms with Crippen LogP contribution in [0.3, 0.4) is 0 Å². The van der Waals surface area contributed by atoms with Crippen LogP contribution in [0.4, 0.5) is 5.95 Å². The summed E-state index contributed by atoms with van der Waals surface area (Å²) in [5.41, 5.74) is -0.227. The topological polar surface area (TPSA) is 40.2 Å². The lowest BCUT2D eigenvalue weighted by Crippen LogP contribution is -3.00. The van der Waals surface area contributed by atoms with E-state index in [4.69, 9.17) is 11.6 Å². The molecule has 0 spiro atoms. The molecule has 0 bridgehead atoms. The van der Waals surface area contributed by atoms with Crippen molar-refractivity contribution in [2.75, 3.05) is 11.4 Å². The van der Waals surface area contributed by atoms with Crippen molar-refractivity contribution in [3.05, 3.63) is 53.3 Å². The van der Waals surface area contributed by atoms with E-state index in [0.717, 1.165) is 30.9 Å². The molecule has 1 aliphatic rings.